The summed E-state index contributed by atoms with van der Waals surface area (Å²) in [5.74, 6) is 0.218. The minimum atomic E-state index is -3.92. The summed E-state index contributed by atoms with van der Waals surface area (Å²) < 4.78 is 36.0. The average Bonchev–Trinajstić information content (AvgIpc) is 3.63. The van der Waals surface area contributed by atoms with Crippen LogP contribution in [0, 0.1) is 13.8 Å². The number of benzene rings is 2. The summed E-state index contributed by atoms with van der Waals surface area (Å²) in [6, 6.07) is 12.4. The lowest BCUT2D eigenvalue weighted by atomic mass is 10.2. The van der Waals surface area contributed by atoms with E-state index in [1.54, 1.807) is 36.7 Å². The van der Waals surface area contributed by atoms with Gasteiger partial charge in [-0.25, -0.2) is 22.8 Å². The lowest BCUT2D eigenvalue weighted by Gasteiger charge is -2.14. The van der Waals surface area contributed by atoms with E-state index in [4.69, 9.17) is 16.1 Å². The fourth-order valence-corrected chi connectivity index (χ4v) is 6.77. The first-order valence-corrected chi connectivity index (χ1v) is 15.2. The number of nitrogens with zero attached hydrogens (tertiary/aromatic N) is 5. The lowest BCUT2D eigenvalue weighted by molar-refractivity contribution is -0.116. The maximum Gasteiger partial charge on any atom is 0.265 e. The van der Waals surface area contributed by atoms with Crippen molar-refractivity contribution >= 4 is 61.9 Å². The molecule has 15 heteroatoms. The SMILES string of the molecule is Cc1noc(NS(=O)(=O)c2ccc(NC(=O)CC3CSc4nc5c(cnn5-c5cccc(Cl)c5)c(=O)n43)cc2)c1C. The van der Waals surface area contributed by atoms with Gasteiger partial charge in [0.2, 0.25) is 11.8 Å². The van der Waals surface area contributed by atoms with E-state index in [9.17, 15) is 18.0 Å². The number of carbonyl (C=O) groups is 1. The summed E-state index contributed by atoms with van der Waals surface area (Å²) in [5, 5.41) is 12.2. The largest absolute Gasteiger partial charge is 0.337 e. The number of aryl methyl sites for hydroxylation is 1. The van der Waals surface area contributed by atoms with Crippen LogP contribution in [0.4, 0.5) is 11.6 Å². The van der Waals surface area contributed by atoms with Crippen LogP contribution < -0.4 is 15.6 Å². The Labute approximate surface area is 242 Å². The zero-order valence-corrected chi connectivity index (χ0v) is 24.0. The number of aromatic nitrogens is 5. The molecule has 210 valence electrons. The summed E-state index contributed by atoms with van der Waals surface area (Å²) in [7, 11) is -3.92. The standard InChI is InChI=1S/C26H22ClN7O5S2/c1-14-15(2)31-39-24(14)32-41(37,38)20-8-6-17(7-9-20)29-22(35)11-19-13-40-26-30-23-21(25(36)33(19)26)12-28-34(23)18-5-3-4-16(27)10-18/h3-10,12,19,32H,11,13H2,1-2H3,(H,29,35). The molecule has 0 aliphatic carbocycles. The van der Waals surface area contributed by atoms with Gasteiger partial charge >= 0.3 is 0 Å². The van der Waals surface area contributed by atoms with E-state index in [1.165, 1.54) is 46.8 Å². The molecule has 0 radical (unpaired) electrons. The molecule has 0 bridgehead atoms. The Morgan fingerprint density at radius 2 is 1.98 bits per heavy atom. The van der Waals surface area contributed by atoms with Gasteiger partial charge in [-0.3, -0.25) is 14.2 Å². The second-order valence-corrected chi connectivity index (χ2v) is 12.5. The molecule has 5 aromatic rings. The highest BCUT2D eigenvalue weighted by atomic mass is 35.5. The van der Waals surface area contributed by atoms with E-state index in [0.29, 0.717) is 49.6 Å². The molecule has 1 amide bonds. The summed E-state index contributed by atoms with van der Waals surface area (Å²) >= 11 is 7.51. The number of carbonyl (C=O) groups excluding carboxylic acids is 1. The summed E-state index contributed by atoms with van der Waals surface area (Å²) in [5.41, 5.74) is 2.41. The molecule has 0 spiro atoms. The third kappa shape index (κ3) is 5.09. The normalized spacial score (nSPS) is 14.8. The summed E-state index contributed by atoms with van der Waals surface area (Å²) in [4.78, 5) is 31.0. The summed E-state index contributed by atoms with van der Waals surface area (Å²) in [6.45, 7) is 3.41. The van der Waals surface area contributed by atoms with Crippen molar-refractivity contribution in [2.75, 3.05) is 15.8 Å². The number of sulfonamides is 1. The average molecular weight is 612 g/mol. The van der Waals surface area contributed by atoms with Crippen LogP contribution in [-0.4, -0.2) is 44.6 Å². The molecule has 0 saturated heterocycles. The number of fused-ring (bicyclic) bond motifs is 2. The van der Waals surface area contributed by atoms with Gasteiger partial charge in [0.15, 0.2) is 10.8 Å². The maximum absolute atomic E-state index is 13.4. The number of hydrogen-bond acceptors (Lipinski definition) is 9. The Morgan fingerprint density at radius 1 is 1.20 bits per heavy atom. The molecule has 1 aliphatic rings. The van der Waals surface area contributed by atoms with E-state index in [-0.39, 0.29) is 28.7 Å². The van der Waals surface area contributed by atoms with Crippen molar-refractivity contribution in [3.8, 4) is 5.69 Å². The first-order chi connectivity index (χ1) is 19.6. The second kappa shape index (κ2) is 10.4. The van der Waals surface area contributed by atoms with Crippen molar-refractivity contribution in [3.63, 3.8) is 0 Å². The lowest BCUT2D eigenvalue weighted by Crippen LogP contribution is -2.27. The Hall–Kier alpha value is -4.14. The van der Waals surface area contributed by atoms with Crippen molar-refractivity contribution < 1.29 is 17.7 Å². The molecule has 3 aromatic heterocycles. The van der Waals surface area contributed by atoms with Gasteiger partial charge in [-0.05, 0) is 56.3 Å². The van der Waals surface area contributed by atoms with Crippen LogP contribution in [0.3, 0.4) is 0 Å². The van der Waals surface area contributed by atoms with Crippen LogP contribution in [0.15, 0.2) is 74.1 Å². The Kier molecular flexibility index (Phi) is 6.83. The number of rotatable bonds is 7. The molecule has 0 fully saturated rings. The van der Waals surface area contributed by atoms with E-state index < -0.39 is 16.1 Å². The highest BCUT2D eigenvalue weighted by Gasteiger charge is 2.30. The van der Waals surface area contributed by atoms with Crippen molar-refractivity contribution in [1.29, 1.82) is 0 Å². The number of halogens is 1. The Bertz CT molecular complexity index is 1980. The number of nitrogens with one attached hydrogen (secondary N) is 2. The van der Waals surface area contributed by atoms with Gasteiger partial charge in [-0.15, -0.1) is 0 Å². The minimum absolute atomic E-state index is 0.00923. The van der Waals surface area contributed by atoms with E-state index in [0.717, 1.165) is 0 Å². The predicted octanol–water partition coefficient (Wildman–Crippen LogP) is 4.32. The van der Waals surface area contributed by atoms with E-state index in [1.807, 2.05) is 6.07 Å². The molecule has 1 aliphatic heterocycles. The minimum Gasteiger partial charge on any atom is -0.337 e. The molecule has 4 heterocycles. The molecular weight excluding hydrogens is 590 g/mol. The van der Waals surface area contributed by atoms with E-state index >= 15 is 0 Å². The number of thioether (sulfide) groups is 1. The molecule has 12 nitrogen and oxygen atoms in total. The van der Waals surface area contributed by atoms with Gasteiger partial charge in [0.05, 0.1) is 28.5 Å². The summed E-state index contributed by atoms with van der Waals surface area (Å²) in [6.07, 6.45) is 1.50. The van der Waals surface area contributed by atoms with E-state index in [2.05, 4.69) is 25.3 Å². The molecule has 41 heavy (non-hydrogen) atoms. The Morgan fingerprint density at radius 3 is 2.68 bits per heavy atom. The van der Waals surface area contributed by atoms with Crippen molar-refractivity contribution in [1.82, 2.24) is 24.5 Å². The third-order valence-electron chi connectivity index (χ3n) is 6.68. The fourth-order valence-electron chi connectivity index (χ4n) is 4.41. The van der Waals surface area contributed by atoms with Crippen LogP contribution in [0.1, 0.15) is 23.7 Å². The zero-order chi connectivity index (χ0) is 28.9. The first kappa shape index (κ1) is 27.1. The third-order valence-corrected chi connectivity index (χ3v) is 9.36. The number of anilines is 2. The zero-order valence-electron chi connectivity index (χ0n) is 21.7. The topological polar surface area (TPSA) is 154 Å². The van der Waals surface area contributed by atoms with Crippen molar-refractivity contribution in [2.45, 2.75) is 36.4 Å². The number of amides is 1. The van der Waals surface area contributed by atoms with Gasteiger partial charge < -0.3 is 9.84 Å². The predicted molar refractivity (Wildman–Crippen MR) is 154 cm³/mol. The van der Waals surface area contributed by atoms with Crippen LogP contribution in [0.2, 0.25) is 5.02 Å². The highest BCUT2D eigenvalue weighted by molar-refractivity contribution is 7.99. The van der Waals surface area contributed by atoms with Crippen LogP contribution in [0.5, 0.6) is 0 Å². The van der Waals surface area contributed by atoms with Gasteiger partial charge in [0, 0.05) is 28.4 Å². The van der Waals surface area contributed by atoms with Gasteiger partial charge in [0.25, 0.3) is 15.6 Å². The monoisotopic (exact) mass is 611 g/mol. The molecular formula is C26H22ClN7O5S2. The molecule has 2 N–H and O–H groups in total. The van der Waals surface area contributed by atoms with Crippen LogP contribution in [0.25, 0.3) is 16.7 Å². The highest BCUT2D eigenvalue weighted by Crippen LogP contribution is 2.34. The Balaban J connectivity index is 1.16. The van der Waals surface area contributed by atoms with Crippen LogP contribution >= 0.6 is 23.4 Å². The molecule has 0 saturated carbocycles. The molecule has 2 aromatic carbocycles. The van der Waals surface area contributed by atoms with Gasteiger partial charge in [-0.2, -0.15) is 5.10 Å². The molecule has 1 unspecified atom stereocenters. The van der Waals surface area contributed by atoms with Crippen LogP contribution in [-0.2, 0) is 14.8 Å². The fraction of sp³-hybridized carbons (Fsp3) is 0.192. The smallest absolute Gasteiger partial charge is 0.265 e. The molecule has 6 rings (SSSR count). The van der Waals surface area contributed by atoms with Gasteiger partial charge in [0.1, 0.15) is 5.39 Å². The van der Waals surface area contributed by atoms with Crippen molar-refractivity contribution in [3.05, 3.63) is 81.4 Å². The first-order valence-electron chi connectivity index (χ1n) is 12.4. The van der Waals surface area contributed by atoms with Gasteiger partial charge in [-0.1, -0.05) is 34.6 Å². The second-order valence-electron chi connectivity index (χ2n) is 9.41. The number of hydrogen-bond donors (Lipinski definition) is 2. The molecule has 1 atom stereocenters. The van der Waals surface area contributed by atoms with Crippen molar-refractivity contribution in [2.24, 2.45) is 0 Å². The quantitative estimate of drug-likeness (QED) is 0.256. The maximum atomic E-state index is 13.4.